The van der Waals surface area contributed by atoms with Gasteiger partial charge in [-0.2, -0.15) is 0 Å². The molecule has 1 aromatic rings. The average Bonchev–Trinajstić information content (AvgIpc) is 3.16. The summed E-state index contributed by atoms with van der Waals surface area (Å²) in [6, 6.07) is 8.93. The number of fused-ring (bicyclic) bond motifs is 2. The van der Waals surface area contributed by atoms with Gasteiger partial charge in [0.15, 0.2) is 0 Å². The fourth-order valence-electron chi connectivity index (χ4n) is 5.55. The van der Waals surface area contributed by atoms with Gasteiger partial charge in [0.1, 0.15) is 0 Å². The molecule has 0 aromatic heterocycles. The van der Waals surface area contributed by atoms with Crippen molar-refractivity contribution in [3.05, 3.63) is 29.8 Å². The van der Waals surface area contributed by atoms with E-state index >= 15 is 0 Å². The van der Waals surface area contributed by atoms with Gasteiger partial charge in [-0.1, -0.05) is 24.6 Å². The lowest BCUT2D eigenvalue weighted by Crippen LogP contribution is -2.49. The second-order valence-corrected chi connectivity index (χ2v) is 8.71. The lowest BCUT2D eigenvalue weighted by atomic mass is 9.65. The van der Waals surface area contributed by atoms with E-state index in [0.29, 0.717) is 30.3 Å². The van der Waals surface area contributed by atoms with Crippen LogP contribution in [0, 0.1) is 17.8 Å². The van der Waals surface area contributed by atoms with Crippen molar-refractivity contribution in [2.75, 3.05) is 25.0 Å². The Morgan fingerprint density at radius 2 is 1.68 bits per heavy atom. The number of halogens is 2. The Labute approximate surface area is 182 Å². The van der Waals surface area contributed by atoms with E-state index in [2.05, 4.69) is 29.2 Å². The molecular weight excluding hydrogens is 393 g/mol. The molecule has 158 valence electrons. The lowest BCUT2D eigenvalue weighted by Gasteiger charge is -2.44. The number of carbonyl (C=O) groups excluding carboxylic acids is 1. The molecular formula is C22H35Cl2N3O. The van der Waals surface area contributed by atoms with Gasteiger partial charge in [0.05, 0.1) is 0 Å². The van der Waals surface area contributed by atoms with E-state index < -0.39 is 0 Å². The highest BCUT2D eigenvalue weighted by atomic mass is 35.5. The molecule has 1 amide bonds. The van der Waals surface area contributed by atoms with Crippen LogP contribution in [0.25, 0.3) is 0 Å². The SMILES string of the molecule is CN(Cc1ccccc1N1CCCC1)C(=O)C1CC2CCCC(C1)C2N.Cl.Cl. The Bertz CT molecular complexity index is 636. The van der Waals surface area contributed by atoms with Crippen molar-refractivity contribution in [1.82, 2.24) is 4.90 Å². The standard InChI is InChI=1S/C22H33N3O.2ClH/c1-24(15-18-7-2-3-10-20(18)25-11-4-5-12-25)22(26)19-13-16-8-6-9-17(14-19)21(16)23;;/h2-3,7,10,16-17,19,21H,4-6,8-9,11-15,23H2,1H3;2*1H. The molecule has 1 aromatic carbocycles. The van der Waals surface area contributed by atoms with Crippen LogP contribution in [-0.4, -0.2) is 37.0 Å². The predicted octanol–water partition coefficient (Wildman–Crippen LogP) is 4.24. The minimum atomic E-state index is 0. The smallest absolute Gasteiger partial charge is 0.225 e. The van der Waals surface area contributed by atoms with Crippen molar-refractivity contribution in [1.29, 1.82) is 0 Å². The van der Waals surface area contributed by atoms with Gasteiger partial charge in [-0.15, -0.1) is 24.8 Å². The van der Waals surface area contributed by atoms with Gasteiger partial charge in [-0.25, -0.2) is 0 Å². The summed E-state index contributed by atoms with van der Waals surface area (Å²) < 4.78 is 0. The Morgan fingerprint density at radius 1 is 1.07 bits per heavy atom. The number of hydrogen-bond acceptors (Lipinski definition) is 3. The van der Waals surface area contributed by atoms with Crippen LogP contribution in [0.4, 0.5) is 5.69 Å². The third-order valence-electron chi connectivity index (χ3n) is 6.98. The molecule has 4 rings (SSSR count). The summed E-state index contributed by atoms with van der Waals surface area (Å²) in [5.41, 5.74) is 8.99. The van der Waals surface area contributed by atoms with Crippen molar-refractivity contribution in [2.24, 2.45) is 23.5 Å². The summed E-state index contributed by atoms with van der Waals surface area (Å²) in [5.74, 6) is 1.61. The fraction of sp³-hybridized carbons (Fsp3) is 0.682. The van der Waals surface area contributed by atoms with Gasteiger partial charge in [0.2, 0.25) is 5.91 Å². The van der Waals surface area contributed by atoms with Crippen molar-refractivity contribution in [2.45, 2.75) is 57.5 Å². The highest BCUT2D eigenvalue weighted by molar-refractivity contribution is 5.85. The number of anilines is 1. The molecule has 2 aliphatic carbocycles. The van der Waals surface area contributed by atoms with Crippen LogP contribution < -0.4 is 10.6 Å². The highest BCUT2D eigenvalue weighted by Gasteiger charge is 2.41. The van der Waals surface area contributed by atoms with E-state index in [9.17, 15) is 4.79 Å². The first-order valence-corrected chi connectivity index (χ1v) is 10.5. The van der Waals surface area contributed by atoms with Crippen molar-refractivity contribution >= 4 is 36.4 Å². The third-order valence-corrected chi connectivity index (χ3v) is 6.98. The molecule has 3 fully saturated rings. The second kappa shape index (κ2) is 10.2. The number of nitrogens with zero attached hydrogens (tertiary/aromatic N) is 2. The number of hydrogen-bond donors (Lipinski definition) is 1. The Balaban J connectivity index is 0.00000140. The number of rotatable bonds is 4. The van der Waals surface area contributed by atoms with E-state index in [1.807, 2.05) is 11.9 Å². The van der Waals surface area contributed by atoms with Gasteiger partial charge in [0, 0.05) is 44.3 Å². The zero-order chi connectivity index (χ0) is 18.1. The number of amides is 1. The van der Waals surface area contributed by atoms with Crippen molar-refractivity contribution < 1.29 is 4.79 Å². The van der Waals surface area contributed by atoms with Gasteiger partial charge < -0.3 is 15.5 Å². The minimum absolute atomic E-state index is 0. The zero-order valence-corrected chi connectivity index (χ0v) is 18.5. The van der Waals surface area contributed by atoms with Gasteiger partial charge in [-0.3, -0.25) is 4.79 Å². The Kier molecular flexibility index (Phi) is 8.47. The van der Waals surface area contributed by atoms with E-state index in [1.165, 1.54) is 43.4 Å². The lowest BCUT2D eigenvalue weighted by molar-refractivity contribution is -0.137. The molecule has 28 heavy (non-hydrogen) atoms. The Morgan fingerprint density at radius 3 is 2.32 bits per heavy atom. The van der Waals surface area contributed by atoms with E-state index in [0.717, 1.165) is 25.9 Å². The molecule has 1 heterocycles. The van der Waals surface area contributed by atoms with Crippen LogP contribution in [0.1, 0.15) is 50.5 Å². The molecule has 3 aliphatic rings. The van der Waals surface area contributed by atoms with E-state index in [1.54, 1.807) is 0 Å². The predicted molar refractivity (Wildman–Crippen MR) is 120 cm³/mol. The molecule has 2 unspecified atom stereocenters. The molecule has 0 spiro atoms. The van der Waals surface area contributed by atoms with Crippen LogP contribution in [0.15, 0.2) is 24.3 Å². The van der Waals surface area contributed by atoms with Crippen LogP contribution in [-0.2, 0) is 11.3 Å². The first-order chi connectivity index (χ1) is 12.6. The molecule has 2 saturated carbocycles. The van der Waals surface area contributed by atoms with Crippen molar-refractivity contribution in [3.63, 3.8) is 0 Å². The minimum Gasteiger partial charge on any atom is -0.371 e. The molecule has 0 radical (unpaired) electrons. The summed E-state index contributed by atoms with van der Waals surface area (Å²) in [7, 11) is 1.98. The monoisotopic (exact) mass is 427 g/mol. The second-order valence-electron chi connectivity index (χ2n) is 8.71. The number of para-hydroxylation sites is 1. The number of benzene rings is 1. The number of carbonyl (C=O) groups is 1. The largest absolute Gasteiger partial charge is 0.371 e. The molecule has 4 nitrogen and oxygen atoms in total. The summed E-state index contributed by atoms with van der Waals surface area (Å²) in [4.78, 5) is 17.6. The summed E-state index contributed by atoms with van der Waals surface area (Å²) >= 11 is 0. The molecule has 1 aliphatic heterocycles. The Hall–Kier alpha value is -0.970. The fourth-order valence-corrected chi connectivity index (χ4v) is 5.55. The van der Waals surface area contributed by atoms with E-state index in [-0.39, 0.29) is 30.7 Å². The quantitative estimate of drug-likeness (QED) is 0.781. The molecule has 6 heteroatoms. The topological polar surface area (TPSA) is 49.6 Å². The summed E-state index contributed by atoms with van der Waals surface area (Å²) in [6.07, 6.45) is 8.25. The summed E-state index contributed by atoms with van der Waals surface area (Å²) in [5, 5.41) is 0. The molecule has 2 bridgehead atoms. The van der Waals surface area contributed by atoms with Gasteiger partial charge >= 0.3 is 0 Å². The average molecular weight is 428 g/mol. The van der Waals surface area contributed by atoms with Crippen molar-refractivity contribution in [3.8, 4) is 0 Å². The van der Waals surface area contributed by atoms with Crippen LogP contribution in [0.5, 0.6) is 0 Å². The third kappa shape index (κ3) is 4.77. The first-order valence-electron chi connectivity index (χ1n) is 10.5. The van der Waals surface area contributed by atoms with E-state index in [4.69, 9.17) is 5.73 Å². The number of nitrogens with two attached hydrogens (primary N) is 1. The summed E-state index contributed by atoms with van der Waals surface area (Å²) in [6.45, 7) is 2.99. The van der Waals surface area contributed by atoms with Gasteiger partial charge in [0.25, 0.3) is 0 Å². The normalized spacial score (nSPS) is 28.9. The maximum Gasteiger partial charge on any atom is 0.225 e. The maximum absolute atomic E-state index is 13.1. The maximum atomic E-state index is 13.1. The molecule has 2 N–H and O–H groups in total. The van der Waals surface area contributed by atoms with Crippen LogP contribution in [0.3, 0.4) is 0 Å². The molecule has 1 saturated heterocycles. The van der Waals surface area contributed by atoms with Gasteiger partial charge in [-0.05, 0) is 62.0 Å². The zero-order valence-electron chi connectivity index (χ0n) is 16.9. The first kappa shape index (κ1) is 23.3. The highest BCUT2D eigenvalue weighted by Crippen LogP contribution is 2.42. The van der Waals surface area contributed by atoms with Crippen LogP contribution >= 0.6 is 24.8 Å². The molecule has 2 atom stereocenters. The van der Waals surface area contributed by atoms with Crippen LogP contribution in [0.2, 0.25) is 0 Å².